The fourth-order valence-corrected chi connectivity index (χ4v) is 3.38. The Morgan fingerprint density at radius 2 is 1.84 bits per heavy atom. The summed E-state index contributed by atoms with van der Waals surface area (Å²) in [5.74, 6) is -1.41. The highest BCUT2D eigenvalue weighted by Gasteiger charge is 2.27. The van der Waals surface area contributed by atoms with Crippen molar-refractivity contribution in [3.05, 3.63) is 64.8 Å². The highest BCUT2D eigenvalue weighted by Crippen LogP contribution is 2.18. The second kappa shape index (κ2) is 10.3. The minimum atomic E-state index is -0.996. The Hall–Kier alpha value is -3.01. The second-order valence-electron chi connectivity index (χ2n) is 6.91. The zero-order chi connectivity index (χ0) is 22.4. The molecule has 0 fully saturated rings. The third-order valence-electron chi connectivity index (χ3n) is 4.72. The number of nitrogens with one attached hydrogen (secondary N) is 2. The molecule has 8 nitrogen and oxygen atoms in total. The normalized spacial score (nSPS) is 12.0. The molecule has 1 atom stereocenters. The summed E-state index contributed by atoms with van der Waals surface area (Å²) in [7, 11) is 0. The van der Waals surface area contributed by atoms with Crippen molar-refractivity contribution in [3.63, 3.8) is 0 Å². The van der Waals surface area contributed by atoms with Gasteiger partial charge in [-0.15, -0.1) is 0 Å². The molecule has 0 aliphatic heterocycles. The molecule has 0 spiro atoms. The molecule has 31 heavy (non-hydrogen) atoms. The Morgan fingerprint density at radius 3 is 2.48 bits per heavy atom. The fourth-order valence-electron chi connectivity index (χ4n) is 3.21. The summed E-state index contributed by atoms with van der Waals surface area (Å²) in [6.07, 6.45) is 1.60. The van der Waals surface area contributed by atoms with Crippen LogP contribution in [0.15, 0.2) is 42.6 Å². The lowest BCUT2D eigenvalue weighted by atomic mass is 10.0. The average Bonchev–Trinajstić information content (AvgIpc) is 3.17. The van der Waals surface area contributed by atoms with Crippen molar-refractivity contribution in [1.82, 2.24) is 20.2 Å². The van der Waals surface area contributed by atoms with Crippen LogP contribution in [0.4, 0.5) is 4.39 Å². The standard InChI is InChI=1S/C21H22ClFN4O4/c22-19-11-14-10-16(25-18(14)12-24-19)20(30)26-17(9-13-1-3-15(23)4-2-13)21(31)27(5-7-28)6-8-29/h1-4,10-12,17,25,28-29H,5-9H2,(H,26,30)/t17-/m0/s1. The summed E-state index contributed by atoms with van der Waals surface area (Å²) >= 11 is 5.89. The lowest BCUT2D eigenvalue weighted by Gasteiger charge is -2.27. The van der Waals surface area contributed by atoms with Gasteiger partial charge in [-0.25, -0.2) is 9.37 Å². The lowest BCUT2D eigenvalue weighted by Crippen LogP contribution is -2.51. The van der Waals surface area contributed by atoms with E-state index >= 15 is 0 Å². The first-order valence-electron chi connectivity index (χ1n) is 9.61. The zero-order valence-corrected chi connectivity index (χ0v) is 17.3. The number of nitrogens with zero attached hydrogens (tertiary/aromatic N) is 2. The van der Waals surface area contributed by atoms with E-state index in [2.05, 4.69) is 15.3 Å². The van der Waals surface area contributed by atoms with E-state index in [1.807, 2.05) is 0 Å². The summed E-state index contributed by atoms with van der Waals surface area (Å²) in [4.78, 5) is 34.1. The molecule has 1 aromatic carbocycles. The smallest absolute Gasteiger partial charge is 0.268 e. The number of hydrogen-bond donors (Lipinski definition) is 4. The second-order valence-corrected chi connectivity index (χ2v) is 7.29. The molecule has 0 saturated carbocycles. The van der Waals surface area contributed by atoms with E-state index in [1.165, 1.54) is 35.4 Å². The number of carbonyl (C=O) groups excluding carboxylic acids is 2. The molecule has 3 rings (SSSR count). The maximum absolute atomic E-state index is 13.3. The Morgan fingerprint density at radius 1 is 1.16 bits per heavy atom. The summed E-state index contributed by atoms with van der Waals surface area (Å²) in [6, 6.07) is 7.80. The molecule has 2 amide bonds. The van der Waals surface area contributed by atoms with Crippen LogP contribution in [0.2, 0.25) is 5.15 Å². The van der Waals surface area contributed by atoms with Crippen molar-refractivity contribution in [2.75, 3.05) is 26.3 Å². The van der Waals surface area contributed by atoms with Crippen LogP contribution < -0.4 is 5.32 Å². The van der Waals surface area contributed by atoms with Gasteiger partial charge in [0.05, 0.1) is 24.9 Å². The minimum absolute atomic E-state index is 0.00569. The number of amides is 2. The van der Waals surface area contributed by atoms with Gasteiger partial charge in [0.15, 0.2) is 0 Å². The maximum Gasteiger partial charge on any atom is 0.268 e. The largest absolute Gasteiger partial charge is 0.395 e. The minimum Gasteiger partial charge on any atom is -0.395 e. The predicted molar refractivity (Wildman–Crippen MR) is 113 cm³/mol. The van der Waals surface area contributed by atoms with E-state index in [9.17, 15) is 24.2 Å². The first kappa shape index (κ1) is 22.7. The first-order valence-corrected chi connectivity index (χ1v) is 9.99. The fraction of sp³-hybridized carbons (Fsp3) is 0.286. The van der Waals surface area contributed by atoms with Crippen molar-refractivity contribution in [2.45, 2.75) is 12.5 Å². The highest BCUT2D eigenvalue weighted by atomic mass is 35.5. The summed E-state index contributed by atoms with van der Waals surface area (Å²) in [6.45, 7) is -0.574. The third kappa shape index (κ3) is 5.78. The van der Waals surface area contributed by atoms with E-state index in [-0.39, 0.29) is 43.6 Å². The van der Waals surface area contributed by atoms with Gasteiger partial charge in [0.25, 0.3) is 5.91 Å². The molecule has 0 aliphatic rings. The summed E-state index contributed by atoms with van der Waals surface area (Å²) in [5, 5.41) is 22.2. The molecular formula is C21H22ClFN4O4. The van der Waals surface area contributed by atoms with Gasteiger partial charge >= 0.3 is 0 Å². The number of halogens is 2. The molecule has 4 N–H and O–H groups in total. The van der Waals surface area contributed by atoms with Crippen molar-refractivity contribution in [3.8, 4) is 0 Å². The summed E-state index contributed by atoms with van der Waals surface area (Å²) in [5.41, 5.74) is 1.46. The predicted octanol–water partition coefficient (Wildman–Crippen LogP) is 1.51. The maximum atomic E-state index is 13.3. The van der Waals surface area contributed by atoms with Crippen molar-refractivity contribution < 1.29 is 24.2 Å². The SMILES string of the molecule is O=C(N[C@@H](Cc1ccc(F)cc1)C(=O)N(CCO)CCO)c1cc2cc(Cl)ncc2[nH]1. The van der Waals surface area contributed by atoms with Crippen molar-refractivity contribution >= 4 is 34.3 Å². The van der Waals surface area contributed by atoms with Crippen LogP contribution in [0, 0.1) is 5.82 Å². The van der Waals surface area contributed by atoms with Gasteiger partial charge in [-0.05, 0) is 29.8 Å². The van der Waals surface area contributed by atoms with E-state index in [0.717, 1.165) is 0 Å². The van der Waals surface area contributed by atoms with Gasteiger partial charge in [0.1, 0.15) is 22.7 Å². The number of carbonyl (C=O) groups is 2. The van der Waals surface area contributed by atoms with Gasteiger partial charge in [0.2, 0.25) is 5.91 Å². The topological polar surface area (TPSA) is 119 Å². The molecule has 0 radical (unpaired) electrons. The van der Waals surface area contributed by atoms with E-state index in [1.54, 1.807) is 12.1 Å². The lowest BCUT2D eigenvalue weighted by molar-refractivity contribution is -0.134. The van der Waals surface area contributed by atoms with E-state index < -0.39 is 23.7 Å². The number of H-pyrrole nitrogens is 1. The number of aliphatic hydroxyl groups excluding tert-OH is 2. The highest BCUT2D eigenvalue weighted by molar-refractivity contribution is 6.30. The molecule has 2 aromatic heterocycles. The molecule has 2 heterocycles. The van der Waals surface area contributed by atoms with Crippen LogP contribution in [0.1, 0.15) is 16.1 Å². The molecular weight excluding hydrogens is 427 g/mol. The van der Waals surface area contributed by atoms with Crippen LogP contribution in [0.25, 0.3) is 10.9 Å². The first-order chi connectivity index (χ1) is 14.9. The van der Waals surface area contributed by atoms with Crippen molar-refractivity contribution in [2.24, 2.45) is 0 Å². The van der Waals surface area contributed by atoms with Crippen LogP contribution in [-0.4, -0.2) is 69.2 Å². The van der Waals surface area contributed by atoms with Gasteiger partial charge in [-0.2, -0.15) is 0 Å². The van der Waals surface area contributed by atoms with Gasteiger partial charge in [0, 0.05) is 24.9 Å². The van der Waals surface area contributed by atoms with Gasteiger partial charge < -0.3 is 25.4 Å². The van der Waals surface area contributed by atoms with Gasteiger partial charge in [-0.1, -0.05) is 23.7 Å². The molecule has 3 aromatic rings. The number of aromatic amines is 1. The number of aliphatic hydroxyl groups is 2. The van der Waals surface area contributed by atoms with E-state index in [4.69, 9.17) is 11.6 Å². The summed E-state index contributed by atoms with van der Waals surface area (Å²) < 4.78 is 13.3. The van der Waals surface area contributed by atoms with Crippen LogP contribution in [0.5, 0.6) is 0 Å². The Labute approximate surface area is 182 Å². The number of fused-ring (bicyclic) bond motifs is 1. The van der Waals surface area contributed by atoms with Crippen LogP contribution in [-0.2, 0) is 11.2 Å². The Bertz CT molecular complexity index is 1050. The van der Waals surface area contributed by atoms with Crippen LogP contribution >= 0.6 is 11.6 Å². The molecule has 10 heteroatoms. The van der Waals surface area contributed by atoms with Crippen molar-refractivity contribution in [1.29, 1.82) is 0 Å². The van der Waals surface area contributed by atoms with Crippen LogP contribution in [0.3, 0.4) is 0 Å². The Balaban J connectivity index is 1.85. The number of rotatable bonds is 9. The molecule has 164 valence electrons. The quantitative estimate of drug-likeness (QED) is 0.370. The Kier molecular flexibility index (Phi) is 7.56. The molecule has 0 unspecified atom stereocenters. The number of benzene rings is 1. The molecule has 0 bridgehead atoms. The van der Waals surface area contributed by atoms with Gasteiger partial charge in [-0.3, -0.25) is 9.59 Å². The number of pyridine rings is 1. The number of hydrogen-bond acceptors (Lipinski definition) is 5. The average molecular weight is 449 g/mol. The number of aromatic nitrogens is 2. The molecule has 0 aliphatic carbocycles. The monoisotopic (exact) mass is 448 g/mol. The third-order valence-corrected chi connectivity index (χ3v) is 4.93. The van der Waals surface area contributed by atoms with E-state index in [0.29, 0.717) is 16.5 Å². The zero-order valence-electron chi connectivity index (χ0n) is 16.5. The molecule has 0 saturated heterocycles.